The van der Waals surface area contributed by atoms with Gasteiger partial charge in [0, 0.05) is 5.56 Å². The summed E-state index contributed by atoms with van der Waals surface area (Å²) in [6, 6.07) is 5.71. The van der Waals surface area contributed by atoms with Gasteiger partial charge in [-0.15, -0.1) is 0 Å². The summed E-state index contributed by atoms with van der Waals surface area (Å²) < 4.78 is 26.7. The van der Waals surface area contributed by atoms with E-state index in [1.165, 1.54) is 12.4 Å². The molecule has 0 saturated heterocycles. The minimum atomic E-state index is -3.64. The Morgan fingerprint density at radius 2 is 2.04 bits per heavy atom. The van der Waals surface area contributed by atoms with Gasteiger partial charge in [-0.05, 0) is 18.1 Å². The average Bonchev–Trinajstić information content (AvgIpc) is 3.11. The fourth-order valence-electron chi connectivity index (χ4n) is 2.34. The van der Waals surface area contributed by atoms with Crippen molar-refractivity contribution in [2.75, 3.05) is 5.32 Å². The van der Waals surface area contributed by atoms with Crippen LogP contribution in [0.1, 0.15) is 19.4 Å². The Balaban J connectivity index is 1.94. The van der Waals surface area contributed by atoms with Gasteiger partial charge >= 0.3 is 0 Å². The monoisotopic (exact) mass is 348 g/mol. The third-order valence-corrected chi connectivity index (χ3v) is 4.88. The van der Waals surface area contributed by atoms with Crippen molar-refractivity contribution in [1.82, 2.24) is 19.9 Å². The zero-order chi connectivity index (χ0) is 17.3. The van der Waals surface area contributed by atoms with E-state index in [4.69, 9.17) is 0 Å². The highest BCUT2D eigenvalue weighted by Gasteiger charge is 2.32. The number of amidine groups is 1. The molecule has 3 rings (SSSR count). The number of carbonyl (C=O) groups is 1. The van der Waals surface area contributed by atoms with E-state index >= 15 is 0 Å². The number of nitrogens with one attached hydrogen (secondary N) is 3. The normalized spacial score (nSPS) is 18.2. The van der Waals surface area contributed by atoms with Gasteiger partial charge in [0.1, 0.15) is 18.2 Å². The molecule has 1 aromatic heterocycles. The lowest BCUT2D eigenvalue weighted by atomic mass is 10.0. The molecule has 1 aliphatic rings. The first-order valence-electron chi connectivity index (χ1n) is 7.25. The second-order valence-corrected chi connectivity index (χ2v) is 7.24. The number of aromatic nitrogens is 3. The molecule has 1 aromatic carbocycles. The first kappa shape index (κ1) is 16.1. The van der Waals surface area contributed by atoms with Crippen molar-refractivity contribution in [1.29, 1.82) is 0 Å². The Morgan fingerprint density at radius 1 is 1.29 bits per heavy atom. The highest BCUT2D eigenvalue weighted by Crippen LogP contribution is 2.23. The number of aliphatic imine (C=N–C) groups is 1. The molecule has 0 fully saturated rings. The summed E-state index contributed by atoms with van der Waals surface area (Å²) >= 11 is 0. The molecular weight excluding hydrogens is 332 g/mol. The number of sulfonamides is 1. The molecule has 1 unspecified atom stereocenters. The number of aromatic amines is 1. The number of carbonyl (C=O) groups excluding carboxylic acids is 1. The summed E-state index contributed by atoms with van der Waals surface area (Å²) in [7, 11) is -3.64. The minimum Gasteiger partial charge on any atom is -0.293 e. The molecule has 1 atom stereocenters. The maximum absolute atomic E-state index is 12.4. The first-order valence-corrected chi connectivity index (χ1v) is 8.73. The molecule has 1 amide bonds. The van der Waals surface area contributed by atoms with Crippen LogP contribution in [0.4, 0.5) is 5.95 Å². The highest BCUT2D eigenvalue weighted by atomic mass is 32.2. The van der Waals surface area contributed by atoms with E-state index in [0.717, 1.165) is 0 Å². The standard InChI is InChI=1S/C14H16N6O3S/c1-8(2)11(13(21)18-14-15-7-16-19-14)17-12-9-5-3-4-6-10(9)24(22,23)20-12/h3-8,11H,1-2H3,(H,17,20)(H2,15,16,18,19,21). The van der Waals surface area contributed by atoms with Gasteiger partial charge in [-0.1, -0.05) is 26.0 Å². The molecule has 24 heavy (non-hydrogen) atoms. The topological polar surface area (TPSA) is 129 Å². The van der Waals surface area contributed by atoms with Crippen molar-refractivity contribution in [2.24, 2.45) is 10.9 Å². The minimum absolute atomic E-state index is 0.155. The van der Waals surface area contributed by atoms with Crippen molar-refractivity contribution in [3.63, 3.8) is 0 Å². The van der Waals surface area contributed by atoms with E-state index in [1.54, 1.807) is 18.2 Å². The Kier molecular flexibility index (Phi) is 4.06. The van der Waals surface area contributed by atoms with Crippen LogP contribution < -0.4 is 10.0 Å². The predicted octanol–water partition coefficient (Wildman–Crippen LogP) is 0.506. The predicted molar refractivity (Wildman–Crippen MR) is 86.9 cm³/mol. The smallest absolute Gasteiger partial charge is 0.263 e. The number of fused-ring (bicyclic) bond motifs is 1. The van der Waals surface area contributed by atoms with Gasteiger partial charge in [0.2, 0.25) is 5.95 Å². The molecule has 3 N–H and O–H groups in total. The van der Waals surface area contributed by atoms with Crippen LogP contribution in [0.25, 0.3) is 0 Å². The molecule has 10 heteroatoms. The summed E-state index contributed by atoms with van der Waals surface area (Å²) in [5, 5.41) is 8.75. The van der Waals surface area contributed by atoms with Crippen LogP contribution in [0.15, 0.2) is 40.5 Å². The highest BCUT2D eigenvalue weighted by molar-refractivity contribution is 7.90. The van der Waals surface area contributed by atoms with Gasteiger partial charge in [-0.2, -0.15) is 10.1 Å². The summed E-state index contributed by atoms with van der Waals surface area (Å²) in [5.41, 5.74) is 0.454. The van der Waals surface area contributed by atoms with E-state index in [0.29, 0.717) is 5.56 Å². The van der Waals surface area contributed by atoms with Crippen LogP contribution in [0.2, 0.25) is 0 Å². The van der Waals surface area contributed by atoms with Crippen molar-refractivity contribution in [3.8, 4) is 0 Å². The molecule has 126 valence electrons. The Bertz CT molecular complexity index is 889. The van der Waals surface area contributed by atoms with E-state index in [1.807, 2.05) is 13.8 Å². The number of anilines is 1. The van der Waals surface area contributed by atoms with Crippen LogP contribution >= 0.6 is 0 Å². The summed E-state index contributed by atoms with van der Waals surface area (Å²) in [6.07, 6.45) is 1.27. The van der Waals surface area contributed by atoms with Gasteiger partial charge in [-0.25, -0.2) is 13.5 Å². The van der Waals surface area contributed by atoms with Crippen molar-refractivity contribution < 1.29 is 13.2 Å². The molecule has 0 saturated carbocycles. The third kappa shape index (κ3) is 3.00. The number of nitrogens with zero attached hydrogens (tertiary/aromatic N) is 3. The van der Waals surface area contributed by atoms with Crippen molar-refractivity contribution >= 4 is 27.7 Å². The fourth-order valence-corrected chi connectivity index (χ4v) is 3.57. The SMILES string of the molecule is CC(C)C(N=C1NS(=O)(=O)c2ccccc21)C(=O)Nc1ncn[nH]1. The summed E-state index contributed by atoms with van der Waals surface area (Å²) in [6.45, 7) is 3.65. The zero-order valence-corrected chi connectivity index (χ0v) is 13.8. The molecule has 0 bridgehead atoms. The van der Waals surface area contributed by atoms with Crippen LogP contribution in [-0.2, 0) is 14.8 Å². The lowest BCUT2D eigenvalue weighted by Crippen LogP contribution is -2.34. The van der Waals surface area contributed by atoms with Gasteiger partial charge in [0.05, 0.1) is 4.90 Å². The molecule has 1 aliphatic heterocycles. The average molecular weight is 348 g/mol. The van der Waals surface area contributed by atoms with Crippen molar-refractivity contribution in [3.05, 3.63) is 36.2 Å². The van der Waals surface area contributed by atoms with Crippen LogP contribution in [0.5, 0.6) is 0 Å². The fraction of sp³-hybridized carbons (Fsp3) is 0.286. The first-order chi connectivity index (χ1) is 11.4. The number of amides is 1. The number of hydrogen-bond acceptors (Lipinski definition) is 6. The van der Waals surface area contributed by atoms with Crippen LogP contribution in [-0.4, -0.2) is 41.4 Å². The number of benzene rings is 1. The quantitative estimate of drug-likeness (QED) is 0.741. The van der Waals surface area contributed by atoms with Gasteiger partial charge in [-0.3, -0.25) is 19.8 Å². The van der Waals surface area contributed by atoms with Crippen LogP contribution in [0.3, 0.4) is 0 Å². The lowest BCUT2D eigenvalue weighted by Gasteiger charge is -2.16. The van der Waals surface area contributed by atoms with E-state index < -0.39 is 22.0 Å². The van der Waals surface area contributed by atoms with E-state index in [2.05, 4.69) is 30.2 Å². The van der Waals surface area contributed by atoms with Crippen LogP contribution in [0, 0.1) is 5.92 Å². The molecule has 2 heterocycles. The molecule has 0 spiro atoms. The maximum Gasteiger partial charge on any atom is 0.263 e. The number of rotatable bonds is 4. The molecule has 2 aromatic rings. The van der Waals surface area contributed by atoms with Gasteiger partial charge in [0.25, 0.3) is 15.9 Å². The largest absolute Gasteiger partial charge is 0.293 e. The molecule has 0 aliphatic carbocycles. The Hall–Kier alpha value is -2.75. The zero-order valence-electron chi connectivity index (χ0n) is 13.0. The number of hydrogen-bond donors (Lipinski definition) is 3. The second kappa shape index (κ2) is 6.04. The molecule has 9 nitrogen and oxygen atoms in total. The number of H-pyrrole nitrogens is 1. The Morgan fingerprint density at radius 3 is 2.71 bits per heavy atom. The van der Waals surface area contributed by atoms with Crippen molar-refractivity contribution in [2.45, 2.75) is 24.8 Å². The molecular formula is C14H16N6O3S. The molecule has 0 radical (unpaired) electrons. The summed E-state index contributed by atoms with van der Waals surface area (Å²) in [5.74, 6) is -0.189. The second-order valence-electron chi connectivity index (χ2n) is 5.59. The maximum atomic E-state index is 12.4. The third-order valence-electron chi connectivity index (χ3n) is 3.49. The van der Waals surface area contributed by atoms with Gasteiger partial charge in [0.15, 0.2) is 0 Å². The van der Waals surface area contributed by atoms with E-state index in [9.17, 15) is 13.2 Å². The lowest BCUT2D eigenvalue weighted by molar-refractivity contribution is -0.118. The Labute approximate surface area is 138 Å². The van der Waals surface area contributed by atoms with Gasteiger partial charge < -0.3 is 0 Å². The summed E-state index contributed by atoms with van der Waals surface area (Å²) in [4.78, 5) is 20.8. The van der Waals surface area contributed by atoms with E-state index in [-0.39, 0.29) is 22.6 Å².